The molecule has 1 fully saturated rings. The van der Waals surface area contributed by atoms with Crippen molar-refractivity contribution in [2.75, 3.05) is 32.5 Å². The van der Waals surface area contributed by atoms with Crippen LogP contribution in [0.25, 0.3) is 22.4 Å². The van der Waals surface area contributed by atoms with Gasteiger partial charge in [-0.05, 0) is 49.2 Å². The molecule has 2 aromatic carbocycles. The van der Waals surface area contributed by atoms with E-state index in [0.717, 1.165) is 28.1 Å². The van der Waals surface area contributed by atoms with Gasteiger partial charge in [-0.25, -0.2) is 9.78 Å². The number of aromatic amines is 1. The third-order valence-electron chi connectivity index (χ3n) is 5.33. The summed E-state index contributed by atoms with van der Waals surface area (Å²) < 4.78 is 0. The second-order valence-corrected chi connectivity index (χ2v) is 7.61. The number of imidazole rings is 1. The predicted molar refractivity (Wildman–Crippen MR) is 114 cm³/mol. The van der Waals surface area contributed by atoms with Gasteiger partial charge in [0.15, 0.2) is 0 Å². The lowest BCUT2D eigenvalue weighted by atomic mass is 9.96. The number of likely N-dealkylation sites (tertiary alicyclic amines) is 1. The van der Waals surface area contributed by atoms with Gasteiger partial charge in [-0.2, -0.15) is 0 Å². The van der Waals surface area contributed by atoms with Crippen LogP contribution in [-0.4, -0.2) is 58.9 Å². The Morgan fingerprint density at radius 3 is 2.41 bits per heavy atom. The number of H-pyrrole nitrogens is 1. The van der Waals surface area contributed by atoms with Crippen molar-refractivity contribution in [3.05, 3.63) is 48.5 Å². The molecule has 29 heavy (non-hydrogen) atoms. The molecule has 0 radical (unpaired) electrons. The van der Waals surface area contributed by atoms with Crippen molar-refractivity contribution in [1.82, 2.24) is 19.8 Å². The third-order valence-corrected chi connectivity index (χ3v) is 5.33. The van der Waals surface area contributed by atoms with Gasteiger partial charge in [-0.1, -0.05) is 12.1 Å². The van der Waals surface area contributed by atoms with E-state index in [0.29, 0.717) is 25.9 Å². The number of urea groups is 1. The highest BCUT2D eigenvalue weighted by atomic mass is 16.2. The van der Waals surface area contributed by atoms with Gasteiger partial charge >= 0.3 is 6.03 Å². The number of piperidine rings is 1. The minimum atomic E-state index is -0.0729. The van der Waals surface area contributed by atoms with Crippen molar-refractivity contribution >= 4 is 28.7 Å². The largest absolute Gasteiger partial charge is 0.338 e. The maximum atomic E-state index is 12.6. The summed E-state index contributed by atoms with van der Waals surface area (Å²) in [6.07, 6.45) is 1.37. The van der Waals surface area contributed by atoms with E-state index in [4.69, 9.17) is 0 Å². The second kappa shape index (κ2) is 7.95. The number of carbonyl (C=O) groups is 2. The maximum absolute atomic E-state index is 12.6. The van der Waals surface area contributed by atoms with Crippen molar-refractivity contribution in [2.45, 2.75) is 12.8 Å². The maximum Gasteiger partial charge on any atom is 0.319 e. The fourth-order valence-corrected chi connectivity index (χ4v) is 3.66. The number of carbonyl (C=O) groups excluding carboxylic acids is 2. The Morgan fingerprint density at radius 1 is 1.07 bits per heavy atom. The highest BCUT2D eigenvalue weighted by Gasteiger charge is 2.28. The summed E-state index contributed by atoms with van der Waals surface area (Å²) in [4.78, 5) is 35.9. The highest BCUT2D eigenvalue weighted by molar-refractivity contribution is 5.93. The van der Waals surface area contributed by atoms with Gasteiger partial charge in [0.05, 0.1) is 11.0 Å². The fraction of sp³-hybridized carbons (Fsp3) is 0.318. The van der Waals surface area contributed by atoms with Gasteiger partial charge in [0.1, 0.15) is 5.82 Å². The molecule has 0 saturated carbocycles. The molecular formula is C22H25N5O2. The van der Waals surface area contributed by atoms with Gasteiger partial charge in [0, 0.05) is 44.4 Å². The molecule has 3 aromatic rings. The lowest BCUT2D eigenvalue weighted by Gasteiger charge is -2.33. The Hall–Kier alpha value is -3.35. The molecule has 2 heterocycles. The number of hydrogen-bond acceptors (Lipinski definition) is 3. The highest BCUT2D eigenvalue weighted by Crippen LogP contribution is 2.24. The monoisotopic (exact) mass is 391 g/mol. The van der Waals surface area contributed by atoms with Crippen LogP contribution < -0.4 is 5.32 Å². The summed E-state index contributed by atoms with van der Waals surface area (Å²) in [6.45, 7) is 1.22. The fourth-order valence-electron chi connectivity index (χ4n) is 3.66. The minimum Gasteiger partial charge on any atom is -0.338 e. The molecule has 0 bridgehead atoms. The van der Waals surface area contributed by atoms with Gasteiger partial charge < -0.3 is 20.1 Å². The Balaban J connectivity index is 1.36. The average Bonchev–Trinajstić information content (AvgIpc) is 3.18. The summed E-state index contributed by atoms with van der Waals surface area (Å²) >= 11 is 0. The molecule has 1 aliphatic rings. The van der Waals surface area contributed by atoms with E-state index in [9.17, 15) is 9.59 Å². The minimum absolute atomic E-state index is 0.00466. The quantitative estimate of drug-likeness (QED) is 0.716. The number of fused-ring (bicyclic) bond motifs is 1. The number of hydrogen-bond donors (Lipinski definition) is 2. The first kappa shape index (κ1) is 19.0. The predicted octanol–water partition coefficient (Wildman–Crippen LogP) is 3.56. The second-order valence-electron chi connectivity index (χ2n) is 7.61. The molecular weight excluding hydrogens is 366 g/mol. The number of anilines is 1. The molecule has 0 aliphatic carbocycles. The number of nitrogens with zero attached hydrogens (tertiary/aromatic N) is 3. The molecule has 150 valence electrons. The summed E-state index contributed by atoms with van der Waals surface area (Å²) in [6, 6.07) is 15.6. The molecule has 4 rings (SSSR count). The summed E-state index contributed by atoms with van der Waals surface area (Å²) in [7, 11) is 3.49. The Labute approximate surface area is 169 Å². The molecule has 1 saturated heterocycles. The third kappa shape index (κ3) is 4.08. The molecule has 0 unspecified atom stereocenters. The molecule has 0 atom stereocenters. The Morgan fingerprint density at radius 2 is 1.76 bits per heavy atom. The van der Waals surface area contributed by atoms with Crippen molar-refractivity contribution in [2.24, 2.45) is 5.92 Å². The first-order valence-corrected chi connectivity index (χ1v) is 9.83. The molecule has 2 N–H and O–H groups in total. The number of nitrogens with one attached hydrogen (secondary N) is 2. The molecule has 1 aromatic heterocycles. The van der Waals surface area contributed by atoms with Crippen LogP contribution in [-0.2, 0) is 4.79 Å². The molecule has 7 heteroatoms. The van der Waals surface area contributed by atoms with Gasteiger partial charge in [0.25, 0.3) is 0 Å². The number of amides is 3. The average molecular weight is 391 g/mol. The summed E-state index contributed by atoms with van der Waals surface area (Å²) in [5.74, 6) is 0.747. The first-order chi connectivity index (χ1) is 14.0. The smallest absolute Gasteiger partial charge is 0.319 e. The van der Waals surface area contributed by atoms with E-state index in [2.05, 4.69) is 15.3 Å². The number of aromatic nitrogens is 2. The van der Waals surface area contributed by atoms with Crippen LogP contribution >= 0.6 is 0 Å². The van der Waals surface area contributed by atoms with Crippen molar-refractivity contribution in [3.8, 4) is 11.4 Å². The first-order valence-electron chi connectivity index (χ1n) is 9.83. The number of para-hydroxylation sites is 2. The normalized spacial score (nSPS) is 14.8. The van der Waals surface area contributed by atoms with E-state index >= 15 is 0 Å². The number of rotatable bonds is 3. The van der Waals surface area contributed by atoms with E-state index in [-0.39, 0.29) is 17.9 Å². The summed E-state index contributed by atoms with van der Waals surface area (Å²) in [5.41, 5.74) is 3.66. The van der Waals surface area contributed by atoms with Crippen LogP contribution in [0.2, 0.25) is 0 Å². The van der Waals surface area contributed by atoms with Crippen LogP contribution in [0.15, 0.2) is 48.5 Å². The van der Waals surface area contributed by atoms with E-state index in [1.807, 2.05) is 48.5 Å². The van der Waals surface area contributed by atoms with Gasteiger partial charge in [-0.15, -0.1) is 0 Å². The zero-order valence-corrected chi connectivity index (χ0v) is 16.7. The Bertz CT molecular complexity index is 984. The van der Waals surface area contributed by atoms with Crippen LogP contribution in [0.3, 0.4) is 0 Å². The van der Waals surface area contributed by atoms with Crippen molar-refractivity contribution in [3.63, 3.8) is 0 Å². The number of benzene rings is 2. The Kier molecular flexibility index (Phi) is 5.20. The topological polar surface area (TPSA) is 81.3 Å². The van der Waals surface area contributed by atoms with E-state index < -0.39 is 0 Å². The van der Waals surface area contributed by atoms with E-state index in [1.54, 1.807) is 23.9 Å². The van der Waals surface area contributed by atoms with Crippen molar-refractivity contribution in [1.29, 1.82) is 0 Å². The lowest BCUT2D eigenvalue weighted by Crippen LogP contribution is -2.45. The standard InChI is InChI=1S/C22H25N5O2/c1-26(2)22(29)27-13-11-16(12-14-27)21(28)23-17-9-7-15(8-10-17)20-24-18-5-3-4-6-19(18)25-20/h3-10,16H,11-14H2,1-2H3,(H,23,28)(H,24,25). The molecule has 1 aliphatic heterocycles. The van der Waals surface area contributed by atoms with Crippen LogP contribution in [0, 0.1) is 5.92 Å². The summed E-state index contributed by atoms with van der Waals surface area (Å²) in [5, 5.41) is 3.00. The zero-order valence-electron chi connectivity index (χ0n) is 16.7. The molecule has 0 spiro atoms. The van der Waals surface area contributed by atoms with Crippen LogP contribution in [0.4, 0.5) is 10.5 Å². The van der Waals surface area contributed by atoms with E-state index in [1.165, 1.54) is 0 Å². The molecule has 3 amide bonds. The van der Waals surface area contributed by atoms with Crippen molar-refractivity contribution < 1.29 is 9.59 Å². The van der Waals surface area contributed by atoms with Crippen LogP contribution in [0.5, 0.6) is 0 Å². The van der Waals surface area contributed by atoms with Gasteiger partial charge in [0.2, 0.25) is 5.91 Å². The lowest BCUT2D eigenvalue weighted by molar-refractivity contribution is -0.121. The molecule has 7 nitrogen and oxygen atoms in total. The van der Waals surface area contributed by atoms with Gasteiger partial charge in [-0.3, -0.25) is 4.79 Å². The zero-order chi connectivity index (χ0) is 20.4. The van der Waals surface area contributed by atoms with Crippen LogP contribution in [0.1, 0.15) is 12.8 Å². The SMILES string of the molecule is CN(C)C(=O)N1CCC(C(=O)Nc2ccc(-c3nc4ccccc4[nH]3)cc2)CC1.